The van der Waals surface area contributed by atoms with E-state index in [4.69, 9.17) is 5.11 Å². The molecule has 1 aromatic rings. The molecule has 0 atom stereocenters. The third-order valence-corrected chi connectivity index (χ3v) is 2.61. The van der Waals surface area contributed by atoms with Crippen molar-refractivity contribution in [2.24, 2.45) is 0 Å². The van der Waals surface area contributed by atoms with Crippen molar-refractivity contribution in [2.75, 3.05) is 26.7 Å². The molecular weight excluding hydrogens is 254 g/mol. The van der Waals surface area contributed by atoms with E-state index in [9.17, 15) is 0 Å². The summed E-state index contributed by atoms with van der Waals surface area (Å²) in [4.78, 5) is 2.06. The van der Waals surface area contributed by atoms with Gasteiger partial charge in [-0.3, -0.25) is 0 Å². The van der Waals surface area contributed by atoms with E-state index in [-0.39, 0.29) is 6.61 Å². The molecular formula is C12H16BrNO. The van der Waals surface area contributed by atoms with Crippen molar-refractivity contribution in [3.63, 3.8) is 0 Å². The van der Waals surface area contributed by atoms with E-state index >= 15 is 0 Å². The Morgan fingerprint density at radius 1 is 1.33 bits per heavy atom. The molecule has 2 nitrogen and oxygen atoms in total. The van der Waals surface area contributed by atoms with Crippen molar-refractivity contribution < 1.29 is 5.11 Å². The molecule has 82 valence electrons. The van der Waals surface area contributed by atoms with Crippen molar-refractivity contribution in [1.29, 1.82) is 0 Å². The highest BCUT2D eigenvalue weighted by Crippen LogP contribution is 2.11. The molecule has 1 aromatic carbocycles. The summed E-state index contributed by atoms with van der Waals surface area (Å²) in [7, 11) is 1.99. The topological polar surface area (TPSA) is 23.5 Å². The number of hydrogen-bond donors (Lipinski definition) is 1. The predicted octanol–water partition coefficient (Wildman–Crippen LogP) is 2.39. The summed E-state index contributed by atoms with van der Waals surface area (Å²) in [6.07, 6.45) is 4.18. The maximum atomic E-state index is 8.71. The lowest BCUT2D eigenvalue weighted by Crippen LogP contribution is -2.21. The minimum atomic E-state index is 0.211. The Labute approximate surface area is 99.4 Å². The zero-order valence-corrected chi connectivity index (χ0v) is 10.4. The van der Waals surface area contributed by atoms with Crippen molar-refractivity contribution >= 4 is 22.0 Å². The highest BCUT2D eigenvalue weighted by Gasteiger charge is 1.92. The van der Waals surface area contributed by atoms with Crippen LogP contribution >= 0.6 is 15.9 Å². The first-order chi connectivity index (χ1) is 7.22. The van der Waals surface area contributed by atoms with Crippen molar-refractivity contribution in [3.05, 3.63) is 40.4 Å². The second-order valence-electron chi connectivity index (χ2n) is 3.44. The molecule has 1 N–H and O–H groups in total. The molecule has 0 aromatic heterocycles. The van der Waals surface area contributed by atoms with Crippen LogP contribution in [0.5, 0.6) is 0 Å². The van der Waals surface area contributed by atoms with Crippen molar-refractivity contribution in [2.45, 2.75) is 0 Å². The second kappa shape index (κ2) is 6.77. The van der Waals surface area contributed by atoms with Gasteiger partial charge in [-0.1, -0.05) is 40.2 Å². The molecule has 0 heterocycles. The summed E-state index contributed by atoms with van der Waals surface area (Å²) in [5, 5.41) is 8.71. The van der Waals surface area contributed by atoms with E-state index < -0.39 is 0 Å². The molecule has 0 spiro atoms. The number of halogens is 1. The van der Waals surface area contributed by atoms with Crippen molar-refractivity contribution in [1.82, 2.24) is 4.90 Å². The molecule has 15 heavy (non-hydrogen) atoms. The fourth-order valence-corrected chi connectivity index (χ4v) is 1.47. The molecule has 0 aliphatic heterocycles. The molecule has 0 amide bonds. The fraction of sp³-hybridized carbons (Fsp3) is 0.333. The van der Waals surface area contributed by atoms with Gasteiger partial charge in [0, 0.05) is 17.6 Å². The van der Waals surface area contributed by atoms with Gasteiger partial charge in [0.15, 0.2) is 0 Å². The zero-order chi connectivity index (χ0) is 11.1. The zero-order valence-electron chi connectivity index (χ0n) is 8.86. The molecule has 0 saturated heterocycles. The summed E-state index contributed by atoms with van der Waals surface area (Å²) in [6, 6.07) is 8.17. The Hall–Kier alpha value is -0.640. The minimum Gasteiger partial charge on any atom is -0.395 e. The summed E-state index contributed by atoms with van der Waals surface area (Å²) < 4.78 is 1.09. The number of likely N-dealkylation sites (N-methyl/N-ethyl adjacent to an activating group) is 1. The summed E-state index contributed by atoms with van der Waals surface area (Å²) in [5.41, 5.74) is 1.19. The highest BCUT2D eigenvalue weighted by atomic mass is 79.9. The van der Waals surface area contributed by atoms with Gasteiger partial charge in [-0.25, -0.2) is 0 Å². The molecule has 0 aliphatic rings. The van der Waals surface area contributed by atoms with Crippen LogP contribution in [0, 0.1) is 0 Å². The molecule has 0 bridgehead atoms. The molecule has 3 heteroatoms. The van der Waals surface area contributed by atoms with Gasteiger partial charge in [-0.15, -0.1) is 0 Å². The lowest BCUT2D eigenvalue weighted by atomic mass is 10.2. The first kappa shape index (κ1) is 12.4. The Morgan fingerprint density at radius 2 is 2.00 bits per heavy atom. The number of benzene rings is 1. The van der Waals surface area contributed by atoms with Gasteiger partial charge in [-0.05, 0) is 24.7 Å². The van der Waals surface area contributed by atoms with Crippen LogP contribution in [0.25, 0.3) is 6.08 Å². The van der Waals surface area contributed by atoms with Crippen LogP contribution in [0.4, 0.5) is 0 Å². The first-order valence-corrected chi connectivity index (χ1v) is 5.73. The third kappa shape index (κ3) is 5.11. The smallest absolute Gasteiger partial charge is 0.0558 e. The molecule has 0 unspecified atom stereocenters. The molecule has 1 rings (SSSR count). The van der Waals surface area contributed by atoms with Crippen LogP contribution in [-0.4, -0.2) is 36.8 Å². The quantitative estimate of drug-likeness (QED) is 0.888. The van der Waals surface area contributed by atoms with Gasteiger partial charge >= 0.3 is 0 Å². The van der Waals surface area contributed by atoms with Crippen LogP contribution in [0.2, 0.25) is 0 Å². The van der Waals surface area contributed by atoms with Crippen LogP contribution in [-0.2, 0) is 0 Å². The van der Waals surface area contributed by atoms with Gasteiger partial charge in [0.05, 0.1) is 6.61 Å². The molecule has 0 saturated carbocycles. The molecule has 0 aliphatic carbocycles. The fourth-order valence-electron chi connectivity index (χ4n) is 1.20. The van der Waals surface area contributed by atoms with E-state index in [0.29, 0.717) is 6.54 Å². The predicted molar refractivity (Wildman–Crippen MR) is 67.8 cm³/mol. The summed E-state index contributed by atoms with van der Waals surface area (Å²) in [6.45, 7) is 1.78. The largest absolute Gasteiger partial charge is 0.395 e. The van der Waals surface area contributed by atoms with Gasteiger partial charge in [0.1, 0.15) is 0 Å². The van der Waals surface area contributed by atoms with Crippen LogP contribution in [0.15, 0.2) is 34.8 Å². The highest BCUT2D eigenvalue weighted by molar-refractivity contribution is 9.10. The maximum Gasteiger partial charge on any atom is 0.0558 e. The summed E-state index contributed by atoms with van der Waals surface area (Å²) in [5.74, 6) is 0. The van der Waals surface area contributed by atoms with Gasteiger partial charge in [0.2, 0.25) is 0 Å². The number of rotatable bonds is 5. The molecule has 0 radical (unpaired) electrons. The van der Waals surface area contributed by atoms with Crippen LogP contribution in [0.1, 0.15) is 5.56 Å². The number of aliphatic hydroxyl groups is 1. The SMILES string of the molecule is CN(C/C=C/c1ccc(Br)cc1)CCO. The van der Waals surface area contributed by atoms with E-state index in [1.807, 2.05) is 19.2 Å². The number of nitrogens with zero attached hydrogens (tertiary/aromatic N) is 1. The monoisotopic (exact) mass is 269 g/mol. The van der Waals surface area contributed by atoms with Gasteiger partial charge in [-0.2, -0.15) is 0 Å². The Kier molecular flexibility index (Phi) is 5.61. The number of hydrogen-bond acceptors (Lipinski definition) is 2. The van der Waals surface area contributed by atoms with E-state index in [0.717, 1.165) is 11.0 Å². The minimum absolute atomic E-state index is 0.211. The van der Waals surface area contributed by atoms with Gasteiger partial charge in [0.25, 0.3) is 0 Å². The third-order valence-electron chi connectivity index (χ3n) is 2.08. The lowest BCUT2D eigenvalue weighted by Gasteiger charge is -2.11. The van der Waals surface area contributed by atoms with E-state index in [2.05, 4.69) is 45.1 Å². The lowest BCUT2D eigenvalue weighted by molar-refractivity contribution is 0.232. The van der Waals surface area contributed by atoms with E-state index in [1.54, 1.807) is 0 Å². The van der Waals surface area contributed by atoms with Gasteiger partial charge < -0.3 is 10.0 Å². The average molecular weight is 270 g/mol. The molecule has 0 fully saturated rings. The normalized spacial score (nSPS) is 11.5. The van der Waals surface area contributed by atoms with Crippen LogP contribution in [0.3, 0.4) is 0 Å². The standard InChI is InChI=1S/C12H16BrNO/c1-14(9-10-15)8-2-3-11-4-6-12(13)7-5-11/h2-7,15H,8-10H2,1H3/b3-2+. The average Bonchev–Trinajstić information content (AvgIpc) is 2.21. The second-order valence-corrected chi connectivity index (χ2v) is 4.36. The van der Waals surface area contributed by atoms with Crippen LogP contribution < -0.4 is 0 Å². The number of aliphatic hydroxyl groups excluding tert-OH is 1. The Bertz CT molecular complexity index is 308. The van der Waals surface area contributed by atoms with Crippen molar-refractivity contribution in [3.8, 4) is 0 Å². The summed E-state index contributed by atoms with van der Waals surface area (Å²) >= 11 is 3.40. The van der Waals surface area contributed by atoms with E-state index in [1.165, 1.54) is 5.56 Å². The Balaban J connectivity index is 2.41. The first-order valence-electron chi connectivity index (χ1n) is 4.94. The Morgan fingerprint density at radius 3 is 2.60 bits per heavy atom. The maximum absolute atomic E-state index is 8.71.